The first-order chi connectivity index (χ1) is 9.41. The quantitative estimate of drug-likeness (QED) is 0.901. The molecule has 1 aromatic rings. The Balaban J connectivity index is 2.33. The maximum atomic E-state index is 12.6. The van der Waals surface area contributed by atoms with Crippen LogP contribution in [-0.2, 0) is 19.6 Å². The highest BCUT2D eigenvalue weighted by molar-refractivity contribution is 7.89. The fourth-order valence-electron chi connectivity index (χ4n) is 2.08. The molecule has 2 rings (SSSR count). The lowest BCUT2D eigenvalue weighted by atomic mass is 10.2. The first kappa shape index (κ1) is 15.2. The predicted molar refractivity (Wildman–Crippen MR) is 72.2 cm³/mol. The van der Waals surface area contributed by atoms with Crippen LogP contribution in [0.5, 0.6) is 0 Å². The number of halogens is 1. The van der Waals surface area contributed by atoms with E-state index in [0.717, 1.165) is 0 Å². The van der Waals surface area contributed by atoms with Crippen molar-refractivity contribution < 1.29 is 23.1 Å². The van der Waals surface area contributed by atoms with E-state index in [2.05, 4.69) is 0 Å². The third-order valence-electron chi connectivity index (χ3n) is 2.99. The average Bonchev–Trinajstić information content (AvgIpc) is 2.38. The first-order valence-electron chi connectivity index (χ1n) is 5.98. The van der Waals surface area contributed by atoms with Crippen LogP contribution in [0.25, 0.3) is 0 Å². The van der Waals surface area contributed by atoms with E-state index >= 15 is 0 Å². The van der Waals surface area contributed by atoms with Crippen LogP contribution < -0.4 is 0 Å². The number of benzene rings is 1. The lowest BCUT2D eigenvalue weighted by Gasteiger charge is -2.33. The summed E-state index contributed by atoms with van der Waals surface area (Å²) in [7, 11) is -3.77. The standard InChI is InChI=1S/C12H14ClNO5S/c13-9-2-1-3-11(6-9)20(17,18)14-4-5-19-8-10(14)7-12(15)16/h1-3,6,10H,4-5,7-8H2,(H,15,16). The van der Waals surface area contributed by atoms with Gasteiger partial charge in [0.15, 0.2) is 0 Å². The summed E-state index contributed by atoms with van der Waals surface area (Å²) in [6.45, 7) is 0.453. The molecule has 110 valence electrons. The van der Waals surface area contributed by atoms with Crippen molar-refractivity contribution in [2.45, 2.75) is 17.4 Å². The minimum Gasteiger partial charge on any atom is -0.481 e. The molecule has 0 aromatic heterocycles. The molecule has 0 saturated carbocycles. The summed E-state index contributed by atoms with van der Waals surface area (Å²) in [6.07, 6.45) is -0.292. The van der Waals surface area contributed by atoms with Gasteiger partial charge in [0.2, 0.25) is 10.0 Å². The van der Waals surface area contributed by atoms with Crippen molar-refractivity contribution in [2.24, 2.45) is 0 Å². The molecule has 1 aliphatic rings. The Bertz CT molecular complexity index is 604. The SMILES string of the molecule is O=C(O)CC1COCCN1S(=O)(=O)c1cccc(Cl)c1. The molecule has 1 unspecified atom stereocenters. The monoisotopic (exact) mass is 319 g/mol. The summed E-state index contributed by atoms with van der Waals surface area (Å²) in [5.41, 5.74) is 0. The molecule has 20 heavy (non-hydrogen) atoms. The molecule has 1 aromatic carbocycles. The van der Waals surface area contributed by atoms with Crippen molar-refractivity contribution in [3.63, 3.8) is 0 Å². The molecule has 0 bridgehead atoms. The molecule has 1 aliphatic heterocycles. The number of morpholine rings is 1. The Morgan fingerprint density at radius 1 is 1.50 bits per heavy atom. The predicted octanol–water partition coefficient (Wildman–Crippen LogP) is 1.20. The number of hydrogen-bond donors (Lipinski definition) is 1. The molecule has 0 radical (unpaired) electrons. The lowest BCUT2D eigenvalue weighted by Crippen LogP contribution is -2.49. The Hall–Kier alpha value is -1.15. The molecule has 0 amide bonds. The highest BCUT2D eigenvalue weighted by atomic mass is 35.5. The van der Waals surface area contributed by atoms with Gasteiger partial charge in [0.05, 0.1) is 30.6 Å². The van der Waals surface area contributed by atoms with Gasteiger partial charge in [-0.05, 0) is 18.2 Å². The van der Waals surface area contributed by atoms with E-state index in [-0.39, 0.29) is 31.1 Å². The van der Waals surface area contributed by atoms with Crippen molar-refractivity contribution in [1.82, 2.24) is 4.31 Å². The van der Waals surface area contributed by atoms with E-state index in [1.807, 2.05) is 0 Å². The van der Waals surface area contributed by atoms with Crippen molar-refractivity contribution in [3.8, 4) is 0 Å². The van der Waals surface area contributed by atoms with Crippen molar-refractivity contribution in [3.05, 3.63) is 29.3 Å². The zero-order valence-corrected chi connectivity index (χ0v) is 12.1. The Morgan fingerprint density at radius 2 is 2.25 bits per heavy atom. The van der Waals surface area contributed by atoms with Gasteiger partial charge < -0.3 is 9.84 Å². The highest BCUT2D eigenvalue weighted by Gasteiger charge is 2.35. The minimum absolute atomic E-state index is 0.0577. The minimum atomic E-state index is -3.77. The number of rotatable bonds is 4. The van der Waals surface area contributed by atoms with E-state index in [9.17, 15) is 13.2 Å². The topological polar surface area (TPSA) is 83.9 Å². The molecule has 1 heterocycles. The van der Waals surface area contributed by atoms with Crippen LogP contribution in [0.1, 0.15) is 6.42 Å². The summed E-state index contributed by atoms with van der Waals surface area (Å²) in [5, 5.41) is 9.18. The van der Waals surface area contributed by atoms with E-state index in [4.69, 9.17) is 21.4 Å². The van der Waals surface area contributed by atoms with Crippen LogP contribution in [0.3, 0.4) is 0 Å². The summed E-state index contributed by atoms with van der Waals surface area (Å²) >= 11 is 5.81. The molecule has 0 aliphatic carbocycles. The number of carboxylic acids is 1. The maximum Gasteiger partial charge on any atom is 0.305 e. The van der Waals surface area contributed by atoms with Gasteiger partial charge in [0.1, 0.15) is 0 Å². The normalized spacial score (nSPS) is 20.8. The third-order valence-corrected chi connectivity index (χ3v) is 5.17. The number of aliphatic carboxylic acids is 1. The second-order valence-corrected chi connectivity index (χ2v) is 6.73. The molecule has 1 N–H and O–H groups in total. The summed E-state index contributed by atoms with van der Waals surface area (Å²) in [5.74, 6) is -1.06. The molecule has 8 heteroatoms. The number of ether oxygens (including phenoxy) is 1. The van der Waals surface area contributed by atoms with Crippen LogP contribution >= 0.6 is 11.6 Å². The summed E-state index contributed by atoms with van der Waals surface area (Å²) in [6, 6.07) is 5.21. The maximum absolute atomic E-state index is 12.6. The number of sulfonamides is 1. The fourth-order valence-corrected chi connectivity index (χ4v) is 3.98. The van der Waals surface area contributed by atoms with Crippen LogP contribution in [0.2, 0.25) is 5.02 Å². The number of hydrogen-bond acceptors (Lipinski definition) is 4. The van der Waals surface area contributed by atoms with E-state index in [0.29, 0.717) is 5.02 Å². The molecule has 1 atom stereocenters. The average molecular weight is 320 g/mol. The smallest absolute Gasteiger partial charge is 0.305 e. The Kier molecular flexibility index (Phi) is 4.64. The molecule has 6 nitrogen and oxygen atoms in total. The van der Waals surface area contributed by atoms with Crippen molar-refractivity contribution >= 4 is 27.6 Å². The lowest BCUT2D eigenvalue weighted by molar-refractivity contribution is -0.139. The van der Waals surface area contributed by atoms with Crippen LogP contribution in [0.15, 0.2) is 29.2 Å². The second-order valence-electron chi connectivity index (χ2n) is 4.40. The summed E-state index contributed by atoms with van der Waals surface area (Å²) < 4.78 is 31.4. The number of carboxylic acid groups (broad SMARTS) is 1. The van der Waals surface area contributed by atoms with E-state index in [1.54, 1.807) is 12.1 Å². The zero-order valence-electron chi connectivity index (χ0n) is 10.5. The largest absolute Gasteiger partial charge is 0.481 e. The van der Waals surface area contributed by atoms with Crippen LogP contribution in [0.4, 0.5) is 0 Å². The molecular formula is C12H14ClNO5S. The van der Waals surface area contributed by atoms with Gasteiger partial charge in [0.25, 0.3) is 0 Å². The van der Waals surface area contributed by atoms with Gasteiger partial charge in [-0.3, -0.25) is 4.79 Å². The summed E-state index contributed by atoms with van der Waals surface area (Å²) in [4.78, 5) is 10.9. The number of nitrogens with zero attached hydrogens (tertiary/aromatic N) is 1. The van der Waals surface area contributed by atoms with Crippen molar-refractivity contribution in [2.75, 3.05) is 19.8 Å². The highest BCUT2D eigenvalue weighted by Crippen LogP contribution is 2.24. The van der Waals surface area contributed by atoms with Gasteiger partial charge in [-0.1, -0.05) is 17.7 Å². The molecule has 1 fully saturated rings. The van der Waals surface area contributed by atoms with Crippen LogP contribution in [-0.4, -0.2) is 49.6 Å². The Morgan fingerprint density at radius 3 is 2.90 bits per heavy atom. The second kappa shape index (κ2) is 6.09. The van der Waals surface area contributed by atoms with Gasteiger partial charge in [0, 0.05) is 11.6 Å². The van der Waals surface area contributed by atoms with Gasteiger partial charge in [-0.25, -0.2) is 8.42 Å². The number of carbonyl (C=O) groups is 1. The Labute approximate surface area is 122 Å². The molecule has 0 spiro atoms. The first-order valence-corrected chi connectivity index (χ1v) is 7.80. The van der Waals surface area contributed by atoms with Gasteiger partial charge in [-0.15, -0.1) is 0 Å². The zero-order chi connectivity index (χ0) is 14.8. The van der Waals surface area contributed by atoms with Crippen LogP contribution in [0, 0.1) is 0 Å². The fraction of sp³-hybridized carbons (Fsp3) is 0.417. The van der Waals surface area contributed by atoms with Gasteiger partial charge in [-0.2, -0.15) is 4.31 Å². The van der Waals surface area contributed by atoms with E-state index < -0.39 is 22.0 Å². The van der Waals surface area contributed by atoms with Gasteiger partial charge >= 0.3 is 5.97 Å². The van der Waals surface area contributed by atoms with Crippen molar-refractivity contribution in [1.29, 1.82) is 0 Å². The molecule has 1 saturated heterocycles. The van der Waals surface area contributed by atoms with E-state index in [1.165, 1.54) is 16.4 Å². The molecular weight excluding hydrogens is 306 g/mol. The third kappa shape index (κ3) is 3.29.